The quantitative estimate of drug-likeness (QED) is 0.488. The molecule has 23 heavy (non-hydrogen) atoms. The summed E-state index contributed by atoms with van der Waals surface area (Å²) in [5.41, 5.74) is 2.02. The highest BCUT2D eigenvalue weighted by Crippen LogP contribution is 2.28. The Labute approximate surface area is 142 Å². The summed E-state index contributed by atoms with van der Waals surface area (Å²) >= 11 is 12.3. The summed E-state index contributed by atoms with van der Waals surface area (Å²) in [7, 11) is 1.44. The Balaban J connectivity index is 2.20. The maximum atomic E-state index is 13.8. The van der Waals surface area contributed by atoms with E-state index < -0.39 is 0 Å². The maximum absolute atomic E-state index is 13.8. The molecule has 3 nitrogen and oxygen atoms in total. The summed E-state index contributed by atoms with van der Waals surface area (Å²) in [6.45, 7) is 0. The largest absolute Gasteiger partial charge is 0.399 e. The van der Waals surface area contributed by atoms with E-state index in [2.05, 4.69) is 10.1 Å². The van der Waals surface area contributed by atoms with Crippen molar-refractivity contribution in [2.75, 3.05) is 7.11 Å². The average molecular weight is 349 g/mol. The Hall–Kier alpha value is -2.17. The standard InChI is InChI=1S/C17H11Cl2FN2O/c1-23-22-16(12-5-3-6-13(18)15(12)19)11-8-10-4-2-7-14(20)17(10)21-9-11/h2-9H,1H3. The summed E-state index contributed by atoms with van der Waals surface area (Å²) in [6, 6.07) is 11.8. The van der Waals surface area contributed by atoms with Gasteiger partial charge in [0.2, 0.25) is 0 Å². The SMILES string of the molecule is CON=C(c1cnc2c(F)cccc2c1)c1cccc(Cl)c1Cl. The van der Waals surface area contributed by atoms with Gasteiger partial charge in [-0.25, -0.2) is 4.39 Å². The Bertz CT molecular complexity index is 912. The molecule has 0 unspecified atom stereocenters. The van der Waals surface area contributed by atoms with Crippen LogP contribution >= 0.6 is 23.2 Å². The number of nitrogens with zero attached hydrogens (tertiary/aromatic N) is 2. The van der Waals surface area contributed by atoms with Gasteiger partial charge in [-0.3, -0.25) is 4.98 Å². The van der Waals surface area contributed by atoms with E-state index in [1.807, 2.05) is 0 Å². The van der Waals surface area contributed by atoms with Gasteiger partial charge in [0.1, 0.15) is 24.2 Å². The number of aromatic nitrogens is 1. The van der Waals surface area contributed by atoms with Gasteiger partial charge in [0.15, 0.2) is 0 Å². The minimum absolute atomic E-state index is 0.296. The van der Waals surface area contributed by atoms with E-state index in [1.54, 1.807) is 36.4 Å². The van der Waals surface area contributed by atoms with Crippen molar-refractivity contribution in [2.24, 2.45) is 5.16 Å². The third kappa shape index (κ3) is 3.00. The van der Waals surface area contributed by atoms with E-state index in [-0.39, 0.29) is 5.82 Å². The second-order valence-corrected chi connectivity index (χ2v) is 5.54. The van der Waals surface area contributed by atoms with E-state index in [0.717, 1.165) is 0 Å². The molecule has 0 radical (unpaired) electrons. The first-order chi connectivity index (χ1) is 11.1. The van der Waals surface area contributed by atoms with Crippen LogP contribution in [0.5, 0.6) is 0 Å². The fourth-order valence-electron chi connectivity index (χ4n) is 2.29. The zero-order chi connectivity index (χ0) is 16.4. The highest BCUT2D eigenvalue weighted by Gasteiger charge is 2.15. The van der Waals surface area contributed by atoms with E-state index >= 15 is 0 Å². The lowest BCUT2D eigenvalue weighted by atomic mass is 10.0. The predicted molar refractivity (Wildman–Crippen MR) is 90.8 cm³/mol. The van der Waals surface area contributed by atoms with Gasteiger partial charge < -0.3 is 4.84 Å². The predicted octanol–water partition coefficient (Wildman–Crippen LogP) is 5.08. The first-order valence-corrected chi connectivity index (χ1v) is 7.47. The first-order valence-electron chi connectivity index (χ1n) is 6.72. The van der Waals surface area contributed by atoms with E-state index in [0.29, 0.717) is 37.8 Å². The molecule has 0 atom stereocenters. The highest BCUT2D eigenvalue weighted by atomic mass is 35.5. The van der Waals surface area contributed by atoms with E-state index in [4.69, 9.17) is 28.0 Å². The number of benzene rings is 2. The Morgan fingerprint density at radius 2 is 1.96 bits per heavy atom. The first kappa shape index (κ1) is 15.7. The van der Waals surface area contributed by atoms with E-state index in [1.165, 1.54) is 19.4 Å². The van der Waals surface area contributed by atoms with Crippen LogP contribution in [0, 0.1) is 5.82 Å². The van der Waals surface area contributed by atoms with Crippen LogP contribution in [0.15, 0.2) is 53.8 Å². The fourth-order valence-corrected chi connectivity index (χ4v) is 2.68. The average Bonchev–Trinajstić information content (AvgIpc) is 2.55. The second kappa shape index (κ2) is 6.52. The third-order valence-electron chi connectivity index (χ3n) is 3.32. The Morgan fingerprint density at radius 1 is 1.17 bits per heavy atom. The number of halogens is 3. The number of para-hydroxylation sites is 1. The van der Waals surface area contributed by atoms with Crippen LogP contribution in [0.4, 0.5) is 4.39 Å². The molecule has 0 aliphatic heterocycles. The van der Waals surface area contributed by atoms with Crippen LogP contribution in [-0.2, 0) is 4.84 Å². The van der Waals surface area contributed by atoms with Crippen molar-refractivity contribution in [3.8, 4) is 0 Å². The highest BCUT2D eigenvalue weighted by molar-refractivity contribution is 6.44. The fraction of sp³-hybridized carbons (Fsp3) is 0.0588. The molecular formula is C17H11Cl2FN2O. The molecule has 2 aromatic carbocycles. The molecule has 0 saturated heterocycles. The molecule has 6 heteroatoms. The lowest BCUT2D eigenvalue weighted by molar-refractivity contribution is 0.214. The summed E-state index contributed by atoms with van der Waals surface area (Å²) in [6.07, 6.45) is 1.53. The summed E-state index contributed by atoms with van der Waals surface area (Å²) in [5.74, 6) is -0.375. The topological polar surface area (TPSA) is 34.5 Å². The maximum Gasteiger partial charge on any atom is 0.149 e. The van der Waals surface area contributed by atoms with Gasteiger partial charge in [-0.15, -0.1) is 0 Å². The van der Waals surface area contributed by atoms with Crippen molar-refractivity contribution >= 4 is 39.8 Å². The smallest absolute Gasteiger partial charge is 0.149 e. The van der Waals surface area contributed by atoms with Gasteiger partial charge in [0.25, 0.3) is 0 Å². The molecule has 0 fully saturated rings. The lowest BCUT2D eigenvalue weighted by Crippen LogP contribution is -2.06. The molecule has 0 bridgehead atoms. The number of rotatable bonds is 3. The zero-order valence-electron chi connectivity index (χ0n) is 12.1. The minimum atomic E-state index is -0.375. The molecule has 0 spiro atoms. The van der Waals surface area contributed by atoms with Crippen LogP contribution in [0.3, 0.4) is 0 Å². The van der Waals surface area contributed by atoms with Crippen molar-refractivity contribution in [1.29, 1.82) is 0 Å². The van der Waals surface area contributed by atoms with Crippen LogP contribution in [0.2, 0.25) is 10.0 Å². The molecule has 0 aliphatic carbocycles. The molecular weight excluding hydrogens is 338 g/mol. The Kier molecular flexibility index (Phi) is 4.46. The molecule has 3 aromatic rings. The normalized spacial score (nSPS) is 11.7. The van der Waals surface area contributed by atoms with Gasteiger partial charge in [-0.05, 0) is 18.2 Å². The number of oxime groups is 1. The van der Waals surface area contributed by atoms with Crippen LogP contribution in [-0.4, -0.2) is 17.8 Å². The molecule has 0 saturated carbocycles. The van der Waals surface area contributed by atoms with Crippen molar-refractivity contribution in [3.05, 3.63) is 75.7 Å². The molecule has 0 N–H and O–H groups in total. The monoisotopic (exact) mass is 348 g/mol. The van der Waals surface area contributed by atoms with Crippen molar-refractivity contribution in [2.45, 2.75) is 0 Å². The summed E-state index contributed by atoms with van der Waals surface area (Å²) in [5, 5.41) is 5.47. The second-order valence-electron chi connectivity index (χ2n) is 4.76. The van der Waals surface area contributed by atoms with Crippen molar-refractivity contribution in [3.63, 3.8) is 0 Å². The van der Waals surface area contributed by atoms with Crippen LogP contribution in [0.1, 0.15) is 11.1 Å². The molecule has 116 valence electrons. The Morgan fingerprint density at radius 3 is 2.74 bits per heavy atom. The number of hydrogen-bond acceptors (Lipinski definition) is 3. The van der Waals surface area contributed by atoms with Gasteiger partial charge in [-0.1, -0.05) is 52.6 Å². The van der Waals surface area contributed by atoms with Crippen LogP contribution < -0.4 is 0 Å². The minimum Gasteiger partial charge on any atom is -0.399 e. The zero-order valence-corrected chi connectivity index (χ0v) is 13.6. The molecule has 0 amide bonds. The number of hydrogen-bond donors (Lipinski definition) is 0. The molecule has 1 aromatic heterocycles. The van der Waals surface area contributed by atoms with Gasteiger partial charge >= 0.3 is 0 Å². The molecule has 1 heterocycles. The summed E-state index contributed by atoms with van der Waals surface area (Å²) < 4.78 is 13.8. The summed E-state index contributed by atoms with van der Waals surface area (Å²) in [4.78, 5) is 9.10. The lowest BCUT2D eigenvalue weighted by Gasteiger charge is -2.10. The molecule has 0 aliphatic rings. The van der Waals surface area contributed by atoms with Gasteiger partial charge in [-0.2, -0.15) is 0 Å². The van der Waals surface area contributed by atoms with Gasteiger partial charge in [0.05, 0.1) is 10.0 Å². The van der Waals surface area contributed by atoms with Gasteiger partial charge in [0, 0.05) is 22.7 Å². The number of pyridine rings is 1. The van der Waals surface area contributed by atoms with E-state index in [9.17, 15) is 4.39 Å². The third-order valence-corrected chi connectivity index (χ3v) is 4.14. The van der Waals surface area contributed by atoms with Crippen LogP contribution in [0.25, 0.3) is 10.9 Å². The van der Waals surface area contributed by atoms with Crippen molar-refractivity contribution < 1.29 is 9.23 Å². The molecule has 3 rings (SSSR count). The van der Waals surface area contributed by atoms with Crippen molar-refractivity contribution in [1.82, 2.24) is 4.98 Å². The number of fused-ring (bicyclic) bond motifs is 1.